The lowest BCUT2D eigenvalue weighted by Crippen LogP contribution is -2.66. The van der Waals surface area contributed by atoms with E-state index in [0.717, 1.165) is 49.8 Å². The molecule has 7 nitrogen and oxygen atoms in total. The molecule has 180 valence electrons. The van der Waals surface area contributed by atoms with Gasteiger partial charge < -0.3 is 25.2 Å². The van der Waals surface area contributed by atoms with Gasteiger partial charge in [0.15, 0.2) is 0 Å². The van der Waals surface area contributed by atoms with Crippen LogP contribution in [-0.2, 0) is 15.7 Å². The van der Waals surface area contributed by atoms with Gasteiger partial charge in [-0.3, -0.25) is 4.79 Å². The summed E-state index contributed by atoms with van der Waals surface area (Å²) in [7, 11) is 0. The molecule has 0 saturated carbocycles. The number of carbonyl (C=O) groups excluding carboxylic acids is 2. The minimum Gasteiger partial charge on any atom is -0.380 e. The molecule has 1 spiro atoms. The van der Waals surface area contributed by atoms with E-state index in [0.29, 0.717) is 24.8 Å². The fourth-order valence-electron chi connectivity index (χ4n) is 4.70. The molecule has 5 rings (SSSR count). The maximum atomic E-state index is 13.0. The van der Waals surface area contributed by atoms with Crippen molar-refractivity contribution in [2.45, 2.75) is 25.1 Å². The van der Waals surface area contributed by atoms with Gasteiger partial charge in [-0.1, -0.05) is 0 Å². The van der Waals surface area contributed by atoms with Crippen LogP contribution in [0, 0.1) is 5.41 Å². The summed E-state index contributed by atoms with van der Waals surface area (Å²) >= 11 is 0. The fraction of sp³-hybridized carbons (Fsp3) is 0.417. The average Bonchev–Trinajstić information content (AvgIpc) is 2.74. The molecule has 3 saturated heterocycles. The Balaban J connectivity index is 1.17. The Hall–Kier alpha value is -3.27. The lowest BCUT2D eigenvalue weighted by Gasteiger charge is -2.56. The third-order valence-electron chi connectivity index (χ3n) is 6.61. The van der Waals surface area contributed by atoms with Gasteiger partial charge in [0.2, 0.25) is 5.91 Å². The zero-order valence-electron chi connectivity index (χ0n) is 18.4. The lowest BCUT2D eigenvalue weighted by atomic mass is 9.78. The van der Waals surface area contributed by atoms with Crippen LogP contribution in [0.25, 0.3) is 0 Å². The molecule has 0 radical (unpaired) electrons. The average molecular weight is 474 g/mol. The lowest BCUT2D eigenvalue weighted by molar-refractivity contribution is -0.137. The molecule has 2 N–H and O–H groups in total. The van der Waals surface area contributed by atoms with Crippen LogP contribution in [0.2, 0.25) is 0 Å². The zero-order chi connectivity index (χ0) is 23.9. The van der Waals surface area contributed by atoms with Gasteiger partial charge in [-0.05, 0) is 61.4 Å². The van der Waals surface area contributed by atoms with Crippen LogP contribution >= 0.6 is 0 Å². The van der Waals surface area contributed by atoms with Crippen LogP contribution in [0.15, 0.2) is 48.5 Å². The van der Waals surface area contributed by atoms with E-state index in [1.165, 1.54) is 12.1 Å². The number of piperidine rings is 1. The highest BCUT2D eigenvalue weighted by Crippen LogP contribution is 2.40. The number of anilines is 3. The number of urea groups is 1. The van der Waals surface area contributed by atoms with Crippen LogP contribution in [0.5, 0.6) is 0 Å². The van der Waals surface area contributed by atoms with Crippen LogP contribution in [-0.4, -0.2) is 50.8 Å². The molecule has 3 amide bonds. The van der Waals surface area contributed by atoms with Crippen molar-refractivity contribution in [2.24, 2.45) is 5.41 Å². The predicted molar refractivity (Wildman–Crippen MR) is 121 cm³/mol. The summed E-state index contributed by atoms with van der Waals surface area (Å²) in [5.74, 6) is -0.212. The van der Waals surface area contributed by atoms with Gasteiger partial charge in [0.1, 0.15) is 6.04 Å². The second-order valence-corrected chi connectivity index (χ2v) is 9.22. The van der Waals surface area contributed by atoms with E-state index in [2.05, 4.69) is 15.5 Å². The monoisotopic (exact) mass is 474 g/mol. The maximum absolute atomic E-state index is 13.0. The number of amides is 3. The molecule has 2 aromatic rings. The molecular weight excluding hydrogens is 449 g/mol. The Bertz CT molecular complexity index is 1060. The highest BCUT2D eigenvalue weighted by atomic mass is 19.4. The smallest absolute Gasteiger partial charge is 0.380 e. The zero-order valence-corrected chi connectivity index (χ0v) is 18.4. The topological polar surface area (TPSA) is 73.9 Å². The summed E-state index contributed by atoms with van der Waals surface area (Å²) in [5, 5.41) is 5.14. The van der Waals surface area contributed by atoms with Crippen molar-refractivity contribution < 1.29 is 27.5 Å². The molecule has 3 aliphatic rings. The molecule has 0 unspecified atom stereocenters. The van der Waals surface area contributed by atoms with Gasteiger partial charge in [0.05, 0.1) is 24.2 Å². The van der Waals surface area contributed by atoms with Gasteiger partial charge in [0, 0.05) is 36.7 Å². The van der Waals surface area contributed by atoms with E-state index < -0.39 is 23.8 Å². The number of nitrogens with zero attached hydrogens (tertiary/aromatic N) is 2. The van der Waals surface area contributed by atoms with Crippen molar-refractivity contribution in [3.8, 4) is 0 Å². The summed E-state index contributed by atoms with van der Waals surface area (Å²) in [6.07, 6.45) is -3.24. The van der Waals surface area contributed by atoms with Crippen LogP contribution in [0.1, 0.15) is 18.4 Å². The number of halogens is 3. The molecule has 0 aromatic heterocycles. The third-order valence-corrected chi connectivity index (χ3v) is 6.61. The number of carbonyl (C=O) groups is 2. The first kappa shape index (κ1) is 22.5. The molecule has 34 heavy (non-hydrogen) atoms. The Morgan fingerprint density at radius 3 is 2.24 bits per heavy atom. The predicted octanol–water partition coefficient (Wildman–Crippen LogP) is 3.86. The van der Waals surface area contributed by atoms with E-state index in [9.17, 15) is 22.8 Å². The van der Waals surface area contributed by atoms with Crippen molar-refractivity contribution in [2.75, 3.05) is 48.0 Å². The molecule has 3 heterocycles. The molecule has 0 bridgehead atoms. The summed E-state index contributed by atoms with van der Waals surface area (Å²) in [6, 6.07) is 10.6. The van der Waals surface area contributed by atoms with Gasteiger partial charge >= 0.3 is 12.2 Å². The molecule has 3 fully saturated rings. The summed E-state index contributed by atoms with van der Waals surface area (Å²) in [4.78, 5) is 29.3. The second kappa shape index (κ2) is 8.50. The Morgan fingerprint density at radius 2 is 1.65 bits per heavy atom. The molecule has 2 aromatic carbocycles. The fourth-order valence-corrected chi connectivity index (χ4v) is 4.70. The third kappa shape index (κ3) is 4.42. The van der Waals surface area contributed by atoms with Crippen molar-refractivity contribution in [3.05, 3.63) is 54.1 Å². The minimum absolute atomic E-state index is 0.211. The van der Waals surface area contributed by atoms with Gasteiger partial charge in [0.25, 0.3) is 0 Å². The van der Waals surface area contributed by atoms with E-state index in [1.807, 2.05) is 24.3 Å². The van der Waals surface area contributed by atoms with Crippen molar-refractivity contribution in [1.82, 2.24) is 5.32 Å². The van der Waals surface area contributed by atoms with Crippen molar-refractivity contribution in [3.63, 3.8) is 0 Å². The number of nitrogens with one attached hydrogen (secondary N) is 2. The van der Waals surface area contributed by atoms with Gasteiger partial charge in [-0.2, -0.15) is 13.2 Å². The first-order valence-electron chi connectivity index (χ1n) is 11.2. The van der Waals surface area contributed by atoms with Crippen molar-refractivity contribution in [1.29, 1.82) is 0 Å². The number of alkyl halides is 3. The summed E-state index contributed by atoms with van der Waals surface area (Å²) in [5.41, 5.74) is 1.61. The molecule has 1 atom stereocenters. The van der Waals surface area contributed by atoms with Crippen LogP contribution in [0.3, 0.4) is 0 Å². The number of hydrogen-bond donors (Lipinski definition) is 2. The molecule has 0 aliphatic carbocycles. The quantitative estimate of drug-likeness (QED) is 0.706. The van der Waals surface area contributed by atoms with Gasteiger partial charge in [-0.15, -0.1) is 0 Å². The summed E-state index contributed by atoms with van der Waals surface area (Å²) in [6.45, 7) is 4.17. The van der Waals surface area contributed by atoms with Crippen LogP contribution in [0.4, 0.5) is 35.0 Å². The van der Waals surface area contributed by atoms with Crippen LogP contribution < -0.4 is 20.4 Å². The van der Waals surface area contributed by atoms with E-state index in [-0.39, 0.29) is 11.6 Å². The highest BCUT2D eigenvalue weighted by molar-refractivity contribution is 6.01. The minimum atomic E-state index is -4.44. The van der Waals surface area contributed by atoms with Crippen molar-refractivity contribution >= 4 is 29.0 Å². The molecule has 10 heteroatoms. The second-order valence-electron chi connectivity index (χ2n) is 9.22. The number of ether oxygens (including phenoxy) is 1. The normalized spacial score (nSPS) is 21.6. The number of hydrogen-bond acceptors (Lipinski definition) is 4. The van der Waals surface area contributed by atoms with E-state index in [4.69, 9.17) is 4.74 Å². The Labute approximate surface area is 194 Å². The van der Waals surface area contributed by atoms with Gasteiger partial charge in [-0.25, -0.2) is 4.79 Å². The van der Waals surface area contributed by atoms with E-state index in [1.54, 1.807) is 4.90 Å². The SMILES string of the molecule is O=C(Nc1ccc(C(F)(F)F)cc1)N[C@H]1CCCN(c2ccc(N3CC4(COC4)C3)cc2)C1=O. The first-order valence-corrected chi connectivity index (χ1v) is 11.2. The molecular formula is C24H25F3N4O3. The standard InChI is InChI=1S/C24H25F3N4O3/c25-24(26,27)16-3-5-17(6-4-16)28-22(33)29-20-2-1-11-31(21(20)32)19-9-7-18(8-10-19)30-12-23(13-30)14-34-15-23/h3-10,20H,1-2,11-15H2,(H2,28,29,33)/t20-/m0/s1. The largest absolute Gasteiger partial charge is 0.416 e. The Kier molecular flexibility index (Phi) is 5.63. The number of benzene rings is 2. The van der Waals surface area contributed by atoms with E-state index >= 15 is 0 Å². The maximum Gasteiger partial charge on any atom is 0.416 e. The molecule has 3 aliphatic heterocycles. The Morgan fingerprint density at radius 1 is 1.00 bits per heavy atom. The highest BCUT2D eigenvalue weighted by Gasteiger charge is 2.49. The summed E-state index contributed by atoms with van der Waals surface area (Å²) < 4.78 is 43.4. The first-order chi connectivity index (χ1) is 16.2. The number of rotatable bonds is 4.